The number of carbonyl (C=O) groups excluding carboxylic acids is 1. The number of amides is 1. The van der Waals surface area contributed by atoms with Crippen molar-refractivity contribution in [3.8, 4) is 17.2 Å². The van der Waals surface area contributed by atoms with Crippen molar-refractivity contribution in [3.05, 3.63) is 53.6 Å². The van der Waals surface area contributed by atoms with Crippen LogP contribution in [0, 0.1) is 0 Å². The molecule has 2 aromatic carbocycles. The van der Waals surface area contributed by atoms with E-state index in [9.17, 15) is 4.79 Å². The Morgan fingerprint density at radius 1 is 0.963 bits per heavy atom. The van der Waals surface area contributed by atoms with Crippen LogP contribution in [-0.4, -0.2) is 43.9 Å². The van der Waals surface area contributed by atoms with Crippen molar-refractivity contribution in [2.45, 2.75) is 24.0 Å². The van der Waals surface area contributed by atoms with Gasteiger partial charge in [0.1, 0.15) is 11.1 Å². The molecule has 1 saturated heterocycles. The average molecular weight is 388 g/mol. The molecule has 144 valence electrons. The maximum atomic E-state index is 12.7. The van der Waals surface area contributed by atoms with Gasteiger partial charge in [0, 0.05) is 6.54 Å². The van der Waals surface area contributed by atoms with E-state index in [-0.39, 0.29) is 16.5 Å². The van der Waals surface area contributed by atoms with Gasteiger partial charge in [-0.3, -0.25) is 4.79 Å². The van der Waals surface area contributed by atoms with E-state index in [1.165, 1.54) is 0 Å². The first kappa shape index (κ1) is 19.4. The summed E-state index contributed by atoms with van der Waals surface area (Å²) < 4.78 is 15.9. The number of methoxy groups -OCH3 is 3. The largest absolute Gasteiger partial charge is 0.497 e. The predicted molar refractivity (Wildman–Crippen MR) is 108 cm³/mol. The van der Waals surface area contributed by atoms with Gasteiger partial charge in [-0.15, -0.1) is 11.8 Å². The molecule has 6 heteroatoms. The Bertz CT molecular complexity index is 793. The summed E-state index contributed by atoms with van der Waals surface area (Å²) in [6.45, 7) is 2.63. The molecule has 0 radical (unpaired) electrons. The van der Waals surface area contributed by atoms with Crippen LogP contribution in [0.2, 0.25) is 0 Å². The van der Waals surface area contributed by atoms with Gasteiger partial charge in [0.25, 0.3) is 0 Å². The fourth-order valence-electron chi connectivity index (χ4n) is 3.21. The lowest BCUT2D eigenvalue weighted by Gasteiger charge is -2.24. The van der Waals surface area contributed by atoms with E-state index in [1.807, 2.05) is 54.3 Å². The summed E-state index contributed by atoms with van der Waals surface area (Å²) in [4.78, 5) is 14.7. The molecule has 2 atom stereocenters. The number of nitrogens with zero attached hydrogens (tertiary/aromatic N) is 1. The summed E-state index contributed by atoms with van der Waals surface area (Å²) in [6, 6.07) is 13.8. The van der Waals surface area contributed by atoms with Gasteiger partial charge in [-0.05, 0) is 48.7 Å². The number of carbonyl (C=O) groups is 1. The Morgan fingerprint density at radius 2 is 1.67 bits per heavy atom. The topological polar surface area (TPSA) is 48.0 Å². The number of benzene rings is 2. The third kappa shape index (κ3) is 4.16. The predicted octanol–water partition coefficient (Wildman–Crippen LogP) is 3.92. The van der Waals surface area contributed by atoms with E-state index < -0.39 is 0 Å². The number of thioether (sulfide) groups is 1. The molecule has 27 heavy (non-hydrogen) atoms. The second-order valence-corrected chi connectivity index (χ2v) is 7.80. The SMILES string of the molecule is COc1ccc(C2SC(C)C(=O)N2CCc2ccc(OC)c(OC)c2)cc1. The number of hydrogen-bond acceptors (Lipinski definition) is 5. The van der Waals surface area contributed by atoms with Crippen molar-refractivity contribution >= 4 is 17.7 Å². The highest BCUT2D eigenvalue weighted by Gasteiger charge is 2.38. The maximum absolute atomic E-state index is 12.7. The molecule has 3 rings (SSSR count). The third-order valence-electron chi connectivity index (χ3n) is 4.74. The standard InChI is InChI=1S/C21H25NO4S/c1-14-20(23)22(21(27-14)16-6-8-17(24-2)9-7-16)12-11-15-5-10-18(25-3)19(13-15)26-4/h5-10,13-14,21H,11-12H2,1-4H3. The van der Waals surface area contributed by atoms with Crippen molar-refractivity contribution in [2.24, 2.45) is 0 Å². The molecule has 0 bridgehead atoms. The monoisotopic (exact) mass is 387 g/mol. The Morgan fingerprint density at radius 3 is 2.30 bits per heavy atom. The third-order valence-corrected chi connectivity index (χ3v) is 6.13. The minimum absolute atomic E-state index is 0.0264. The summed E-state index contributed by atoms with van der Waals surface area (Å²) in [5.41, 5.74) is 2.23. The van der Waals surface area contributed by atoms with Crippen LogP contribution < -0.4 is 14.2 Å². The minimum atomic E-state index is -0.0393. The Hall–Kier alpha value is -2.34. The molecule has 0 aromatic heterocycles. The molecule has 5 nitrogen and oxygen atoms in total. The average Bonchev–Trinajstić information content (AvgIpc) is 3.00. The molecule has 0 N–H and O–H groups in total. The molecule has 0 spiro atoms. The fourth-order valence-corrected chi connectivity index (χ4v) is 4.52. The molecule has 0 saturated carbocycles. The number of hydrogen-bond donors (Lipinski definition) is 0. The van der Waals surface area contributed by atoms with Gasteiger partial charge in [-0.1, -0.05) is 18.2 Å². The Kier molecular flexibility index (Phi) is 6.16. The number of rotatable bonds is 7. The fraction of sp³-hybridized carbons (Fsp3) is 0.381. The molecule has 1 amide bonds. The summed E-state index contributed by atoms with van der Waals surface area (Å²) in [5.74, 6) is 2.41. The highest BCUT2D eigenvalue weighted by molar-refractivity contribution is 8.01. The summed E-state index contributed by atoms with van der Waals surface area (Å²) in [5, 5.41) is -0.0129. The first-order chi connectivity index (χ1) is 13.1. The zero-order chi connectivity index (χ0) is 19.4. The highest BCUT2D eigenvalue weighted by atomic mass is 32.2. The molecule has 2 unspecified atom stereocenters. The van der Waals surface area contributed by atoms with E-state index in [0.29, 0.717) is 18.0 Å². The molecule has 0 aliphatic carbocycles. The van der Waals surface area contributed by atoms with Crippen molar-refractivity contribution < 1.29 is 19.0 Å². The van der Waals surface area contributed by atoms with E-state index in [4.69, 9.17) is 14.2 Å². The molecule has 1 aliphatic rings. The molecular weight excluding hydrogens is 362 g/mol. The van der Waals surface area contributed by atoms with Gasteiger partial charge in [0.2, 0.25) is 5.91 Å². The zero-order valence-corrected chi connectivity index (χ0v) is 16.9. The van der Waals surface area contributed by atoms with Crippen LogP contribution in [-0.2, 0) is 11.2 Å². The van der Waals surface area contributed by atoms with Gasteiger partial charge < -0.3 is 19.1 Å². The quantitative estimate of drug-likeness (QED) is 0.721. The van der Waals surface area contributed by atoms with Crippen LogP contribution in [0.25, 0.3) is 0 Å². The lowest BCUT2D eigenvalue weighted by Crippen LogP contribution is -2.32. The van der Waals surface area contributed by atoms with E-state index in [0.717, 1.165) is 23.3 Å². The van der Waals surface area contributed by atoms with Gasteiger partial charge in [0.05, 0.1) is 26.6 Å². The van der Waals surface area contributed by atoms with Crippen molar-refractivity contribution in [1.29, 1.82) is 0 Å². The summed E-state index contributed by atoms with van der Waals surface area (Å²) >= 11 is 1.69. The van der Waals surface area contributed by atoms with Crippen LogP contribution in [0.5, 0.6) is 17.2 Å². The first-order valence-corrected chi connectivity index (χ1v) is 9.82. The lowest BCUT2D eigenvalue weighted by atomic mass is 10.1. The minimum Gasteiger partial charge on any atom is -0.497 e. The molecule has 1 heterocycles. The van der Waals surface area contributed by atoms with E-state index in [2.05, 4.69) is 0 Å². The number of ether oxygens (including phenoxy) is 3. The van der Waals surface area contributed by atoms with Crippen LogP contribution >= 0.6 is 11.8 Å². The van der Waals surface area contributed by atoms with Gasteiger partial charge in [-0.2, -0.15) is 0 Å². The van der Waals surface area contributed by atoms with Crippen LogP contribution in [0.4, 0.5) is 0 Å². The molecule has 2 aromatic rings. The first-order valence-electron chi connectivity index (χ1n) is 8.88. The van der Waals surface area contributed by atoms with Crippen molar-refractivity contribution in [1.82, 2.24) is 4.90 Å². The second kappa shape index (κ2) is 8.57. The van der Waals surface area contributed by atoms with Crippen molar-refractivity contribution in [3.63, 3.8) is 0 Å². The Balaban J connectivity index is 1.75. The van der Waals surface area contributed by atoms with Crippen LogP contribution in [0.15, 0.2) is 42.5 Å². The molecule has 1 fully saturated rings. The maximum Gasteiger partial charge on any atom is 0.236 e. The zero-order valence-electron chi connectivity index (χ0n) is 16.1. The lowest BCUT2D eigenvalue weighted by molar-refractivity contribution is -0.129. The summed E-state index contributed by atoms with van der Waals surface area (Å²) in [6.07, 6.45) is 0.756. The second-order valence-electron chi connectivity index (χ2n) is 6.37. The Labute approximate surface area is 164 Å². The van der Waals surface area contributed by atoms with E-state index >= 15 is 0 Å². The van der Waals surface area contributed by atoms with Crippen LogP contribution in [0.1, 0.15) is 23.4 Å². The van der Waals surface area contributed by atoms with Gasteiger partial charge in [0.15, 0.2) is 11.5 Å². The highest BCUT2D eigenvalue weighted by Crippen LogP contribution is 2.43. The normalized spacial score (nSPS) is 19.3. The van der Waals surface area contributed by atoms with Crippen LogP contribution in [0.3, 0.4) is 0 Å². The smallest absolute Gasteiger partial charge is 0.236 e. The van der Waals surface area contributed by atoms with Gasteiger partial charge >= 0.3 is 0 Å². The summed E-state index contributed by atoms with van der Waals surface area (Å²) in [7, 11) is 4.91. The van der Waals surface area contributed by atoms with Gasteiger partial charge in [-0.25, -0.2) is 0 Å². The molecular formula is C21H25NO4S. The van der Waals surface area contributed by atoms with E-state index in [1.54, 1.807) is 33.1 Å². The van der Waals surface area contributed by atoms with Crippen molar-refractivity contribution in [2.75, 3.05) is 27.9 Å². The molecule has 1 aliphatic heterocycles.